The van der Waals surface area contributed by atoms with Crippen molar-refractivity contribution in [3.8, 4) is 0 Å². The second-order valence-corrected chi connectivity index (χ2v) is 7.52. The maximum atomic E-state index is 6.23. The minimum atomic E-state index is 0.223. The van der Waals surface area contributed by atoms with E-state index >= 15 is 0 Å². The zero-order valence-electron chi connectivity index (χ0n) is 8.51. The first-order chi connectivity index (χ1) is 7.16. The summed E-state index contributed by atoms with van der Waals surface area (Å²) in [6.07, 6.45) is 6.70. The minimum absolute atomic E-state index is 0.223. The molecule has 1 heterocycles. The van der Waals surface area contributed by atoms with Gasteiger partial charge in [-0.25, -0.2) is 0 Å². The fraction of sp³-hybridized carbons (Fsp3) is 0.636. The number of nitrogens with two attached hydrogens (primary N) is 1. The Kier molecular flexibility index (Phi) is 4.27. The van der Waals surface area contributed by atoms with E-state index < -0.39 is 0 Å². The average Bonchev–Trinajstić information content (AvgIpc) is 2.78. The SMILES string of the molecule is NC(CC1CCCC1)c1cc(Br)c(Br)s1. The fourth-order valence-corrected chi connectivity index (χ4v) is 4.37. The molecule has 1 aromatic heterocycles. The van der Waals surface area contributed by atoms with Gasteiger partial charge in [0, 0.05) is 15.4 Å². The molecule has 1 aromatic rings. The molecule has 1 saturated carbocycles. The number of hydrogen-bond acceptors (Lipinski definition) is 2. The molecule has 0 bridgehead atoms. The standard InChI is InChI=1S/C11H15Br2NS/c12-8-6-10(15-11(8)13)9(14)5-7-3-1-2-4-7/h6-7,9H,1-5,14H2. The highest BCUT2D eigenvalue weighted by molar-refractivity contribution is 9.13. The van der Waals surface area contributed by atoms with E-state index in [0.29, 0.717) is 0 Å². The molecule has 1 nitrogen and oxygen atoms in total. The van der Waals surface area contributed by atoms with Gasteiger partial charge in [0.1, 0.15) is 0 Å². The van der Waals surface area contributed by atoms with Crippen LogP contribution in [0, 0.1) is 5.92 Å². The molecule has 0 aliphatic heterocycles. The maximum absolute atomic E-state index is 6.23. The Bertz CT molecular complexity index is 312. The summed E-state index contributed by atoms with van der Waals surface area (Å²) in [5.41, 5.74) is 6.23. The van der Waals surface area contributed by atoms with Crippen LogP contribution in [0.5, 0.6) is 0 Å². The summed E-state index contributed by atoms with van der Waals surface area (Å²) in [4.78, 5) is 1.29. The molecule has 1 unspecified atom stereocenters. The molecule has 1 aliphatic carbocycles. The summed E-state index contributed by atoms with van der Waals surface area (Å²) < 4.78 is 2.28. The molecule has 1 atom stereocenters. The van der Waals surface area contributed by atoms with Crippen LogP contribution in [0.4, 0.5) is 0 Å². The minimum Gasteiger partial charge on any atom is -0.323 e. The first kappa shape index (κ1) is 12.1. The summed E-state index contributed by atoms with van der Waals surface area (Å²) >= 11 is 8.77. The predicted molar refractivity (Wildman–Crippen MR) is 73.2 cm³/mol. The van der Waals surface area contributed by atoms with Crippen LogP contribution in [0.25, 0.3) is 0 Å². The van der Waals surface area contributed by atoms with Gasteiger partial charge in [-0.15, -0.1) is 11.3 Å². The molecule has 0 aromatic carbocycles. The summed E-state index contributed by atoms with van der Waals surface area (Å²) in [6, 6.07) is 2.37. The largest absolute Gasteiger partial charge is 0.323 e. The second-order valence-electron chi connectivity index (χ2n) is 4.26. The molecule has 15 heavy (non-hydrogen) atoms. The van der Waals surface area contributed by atoms with Gasteiger partial charge in [0.15, 0.2) is 0 Å². The van der Waals surface area contributed by atoms with Crippen LogP contribution in [0.1, 0.15) is 43.0 Å². The molecular weight excluding hydrogens is 338 g/mol. The van der Waals surface area contributed by atoms with Crippen LogP contribution >= 0.6 is 43.2 Å². The Hall–Kier alpha value is 0.620. The Morgan fingerprint density at radius 3 is 2.60 bits per heavy atom. The van der Waals surface area contributed by atoms with E-state index in [9.17, 15) is 0 Å². The van der Waals surface area contributed by atoms with Crippen LogP contribution in [0.3, 0.4) is 0 Å². The van der Waals surface area contributed by atoms with Crippen LogP contribution in [-0.4, -0.2) is 0 Å². The third kappa shape index (κ3) is 3.05. The molecule has 1 aliphatic rings. The van der Waals surface area contributed by atoms with E-state index in [4.69, 9.17) is 5.73 Å². The van der Waals surface area contributed by atoms with E-state index in [2.05, 4.69) is 37.9 Å². The van der Waals surface area contributed by atoms with Crippen molar-refractivity contribution in [1.29, 1.82) is 0 Å². The summed E-state index contributed by atoms with van der Waals surface area (Å²) in [5.74, 6) is 0.861. The van der Waals surface area contributed by atoms with Crippen LogP contribution in [0.15, 0.2) is 14.3 Å². The monoisotopic (exact) mass is 351 g/mol. The van der Waals surface area contributed by atoms with Crippen molar-refractivity contribution in [1.82, 2.24) is 0 Å². The first-order valence-corrected chi connectivity index (χ1v) is 7.77. The molecule has 0 amide bonds. The lowest BCUT2D eigenvalue weighted by atomic mass is 9.98. The van der Waals surface area contributed by atoms with Gasteiger partial charge in [0.05, 0.1) is 3.79 Å². The smallest absolute Gasteiger partial charge is 0.0843 e. The maximum Gasteiger partial charge on any atom is 0.0843 e. The highest BCUT2D eigenvalue weighted by Gasteiger charge is 2.20. The average molecular weight is 353 g/mol. The molecule has 2 N–H and O–H groups in total. The lowest BCUT2D eigenvalue weighted by Crippen LogP contribution is -2.12. The quantitative estimate of drug-likeness (QED) is 0.826. The van der Waals surface area contributed by atoms with Gasteiger partial charge >= 0.3 is 0 Å². The third-order valence-corrected chi connectivity index (χ3v) is 6.48. The van der Waals surface area contributed by atoms with Crippen LogP contribution in [0.2, 0.25) is 0 Å². The summed E-state index contributed by atoms with van der Waals surface area (Å²) in [6.45, 7) is 0. The van der Waals surface area contributed by atoms with Gasteiger partial charge in [-0.1, -0.05) is 25.7 Å². The molecule has 0 spiro atoms. The van der Waals surface area contributed by atoms with Gasteiger partial charge in [-0.05, 0) is 50.3 Å². The lowest BCUT2D eigenvalue weighted by molar-refractivity contribution is 0.454. The van der Waals surface area contributed by atoms with E-state index in [0.717, 1.165) is 20.6 Å². The highest BCUT2D eigenvalue weighted by Crippen LogP contribution is 2.38. The Labute approximate surface area is 112 Å². The molecule has 0 radical (unpaired) electrons. The summed E-state index contributed by atoms with van der Waals surface area (Å²) in [7, 11) is 0. The zero-order chi connectivity index (χ0) is 10.8. The van der Waals surface area contributed by atoms with E-state index in [1.807, 2.05) is 0 Å². The van der Waals surface area contributed by atoms with Crippen molar-refractivity contribution in [2.45, 2.75) is 38.1 Å². The Balaban J connectivity index is 1.97. The number of halogens is 2. The van der Waals surface area contributed by atoms with Crippen LogP contribution < -0.4 is 5.73 Å². The molecule has 84 valence electrons. The second kappa shape index (κ2) is 5.30. The Morgan fingerprint density at radius 2 is 2.07 bits per heavy atom. The van der Waals surface area contributed by atoms with E-state index in [1.165, 1.54) is 30.6 Å². The van der Waals surface area contributed by atoms with Gasteiger partial charge in [0.2, 0.25) is 0 Å². The topological polar surface area (TPSA) is 26.0 Å². The predicted octanol–water partition coefficient (Wildman–Crippen LogP) is 4.85. The third-order valence-electron chi connectivity index (χ3n) is 3.09. The Morgan fingerprint density at radius 1 is 1.40 bits per heavy atom. The fourth-order valence-electron chi connectivity index (χ4n) is 2.27. The molecule has 2 rings (SSSR count). The van der Waals surface area contributed by atoms with E-state index in [-0.39, 0.29) is 6.04 Å². The van der Waals surface area contributed by atoms with Crippen molar-refractivity contribution >= 4 is 43.2 Å². The van der Waals surface area contributed by atoms with Crippen LogP contribution in [-0.2, 0) is 0 Å². The normalized spacial score (nSPS) is 19.7. The van der Waals surface area contributed by atoms with Crippen molar-refractivity contribution in [2.24, 2.45) is 11.7 Å². The lowest BCUT2D eigenvalue weighted by Gasteiger charge is -2.14. The number of hydrogen-bond donors (Lipinski definition) is 1. The van der Waals surface area contributed by atoms with E-state index in [1.54, 1.807) is 11.3 Å². The molecule has 4 heteroatoms. The first-order valence-electron chi connectivity index (χ1n) is 5.37. The van der Waals surface area contributed by atoms with Gasteiger partial charge in [-0.2, -0.15) is 0 Å². The molecule has 1 fully saturated rings. The molecular formula is C11H15Br2NS. The van der Waals surface area contributed by atoms with Gasteiger partial charge < -0.3 is 5.73 Å². The van der Waals surface area contributed by atoms with Crippen molar-refractivity contribution < 1.29 is 0 Å². The molecule has 0 saturated heterocycles. The highest BCUT2D eigenvalue weighted by atomic mass is 79.9. The number of rotatable bonds is 3. The van der Waals surface area contributed by atoms with Crippen molar-refractivity contribution in [3.63, 3.8) is 0 Å². The zero-order valence-corrected chi connectivity index (χ0v) is 12.5. The van der Waals surface area contributed by atoms with Crippen molar-refractivity contribution in [3.05, 3.63) is 19.2 Å². The number of thiophene rings is 1. The van der Waals surface area contributed by atoms with Gasteiger partial charge in [-0.3, -0.25) is 0 Å². The summed E-state index contributed by atoms with van der Waals surface area (Å²) in [5, 5.41) is 0. The van der Waals surface area contributed by atoms with Gasteiger partial charge in [0.25, 0.3) is 0 Å². The van der Waals surface area contributed by atoms with Crippen molar-refractivity contribution in [2.75, 3.05) is 0 Å².